The summed E-state index contributed by atoms with van der Waals surface area (Å²) in [6, 6.07) is 0. The number of carboxylic acid groups (broad SMARTS) is 1. The van der Waals surface area contributed by atoms with Crippen LogP contribution < -0.4 is 5.73 Å². The van der Waals surface area contributed by atoms with Gasteiger partial charge in [0.1, 0.15) is 11.7 Å². The van der Waals surface area contributed by atoms with Crippen LogP contribution in [0.15, 0.2) is 11.8 Å². The number of ketones is 1. The van der Waals surface area contributed by atoms with Crippen LogP contribution in [-0.4, -0.2) is 29.4 Å². The zero-order chi connectivity index (χ0) is 16.3. The Morgan fingerprint density at radius 2 is 1.90 bits per heavy atom. The lowest BCUT2D eigenvalue weighted by Gasteiger charge is -2.12. The molecular formula is C15H25NO5. The molecule has 0 rings (SSSR count). The molecule has 0 bridgehead atoms. The topological polar surface area (TPSA) is 107 Å². The molecule has 0 heterocycles. The third-order valence-electron chi connectivity index (χ3n) is 3.00. The number of rotatable bonds is 11. The second kappa shape index (κ2) is 11.0. The second-order valence-electron chi connectivity index (χ2n) is 4.91. The SMILES string of the molecule is CCCCCCC=C(C)OC(=O)C(CC(=O)O)C(=O)CN. The summed E-state index contributed by atoms with van der Waals surface area (Å²) in [7, 11) is 0. The smallest absolute Gasteiger partial charge is 0.322 e. The summed E-state index contributed by atoms with van der Waals surface area (Å²) in [5.41, 5.74) is 5.18. The zero-order valence-electron chi connectivity index (χ0n) is 12.8. The van der Waals surface area contributed by atoms with Crippen molar-refractivity contribution in [2.24, 2.45) is 11.7 Å². The van der Waals surface area contributed by atoms with Crippen LogP contribution in [0.5, 0.6) is 0 Å². The molecule has 0 aromatic carbocycles. The zero-order valence-corrected chi connectivity index (χ0v) is 12.8. The first kappa shape index (κ1) is 19.3. The Labute approximate surface area is 125 Å². The number of unbranched alkanes of at least 4 members (excludes halogenated alkanes) is 4. The lowest BCUT2D eigenvalue weighted by molar-refractivity contribution is -0.153. The number of esters is 1. The predicted molar refractivity (Wildman–Crippen MR) is 78.4 cm³/mol. The molecule has 0 spiro atoms. The van der Waals surface area contributed by atoms with Crippen LogP contribution in [0.3, 0.4) is 0 Å². The molecule has 120 valence electrons. The lowest BCUT2D eigenvalue weighted by Crippen LogP contribution is -2.32. The van der Waals surface area contributed by atoms with Gasteiger partial charge in [0, 0.05) is 0 Å². The number of allylic oxidation sites excluding steroid dienone is 2. The van der Waals surface area contributed by atoms with Crippen molar-refractivity contribution < 1.29 is 24.2 Å². The van der Waals surface area contributed by atoms with Crippen molar-refractivity contribution in [1.82, 2.24) is 0 Å². The van der Waals surface area contributed by atoms with E-state index in [4.69, 9.17) is 15.6 Å². The van der Waals surface area contributed by atoms with Gasteiger partial charge in [-0.2, -0.15) is 0 Å². The molecule has 0 saturated heterocycles. The highest BCUT2D eigenvalue weighted by atomic mass is 16.5. The molecule has 0 aliphatic heterocycles. The van der Waals surface area contributed by atoms with Crippen LogP contribution in [0, 0.1) is 5.92 Å². The first-order chi connectivity index (χ1) is 9.92. The van der Waals surface area contributed by atoms with E-state index in [1.165, 1.54) is 6.42 Å². The van der Waals surface area contributed by atoms with Crippen molar-refractivity contribution in [2.75, 3.05) is 6.54 Å². The molecule has 0 amide bonds. The molecule has 3 N–H and O–H groups in total. The molecule has 0 aliphatic rings. The van der Waals surface area contributed by atoms with Crippen LogP contribution >= 0.6 is 0 Å². The molecule has 0 saturated carbocycles. The number of aliphatic carboxylic acids is 1. The summed E-state index contributed by atoms with van der Waals surface area (Å²) in [5, 5.41) is 8.72. The van der Waals surface area contributed by atoms with E-state index in [-0.39, 0.29) is 6.54 Å². The van der Waals surface area contributed by atoms with E-state index in [0.717, 1.165) is 25.7 Å². The highest BCUT2D eigenvalue weighted by molar-refractivity contribution is 6.02. The van der Waals surface area contributed by atoms with Crippen molar-refractivity contribution >= 4 is 17.7 Å². The quantitative estimate of drug-likeness (QED) is 0.261. The van der Waals surface area contributed by atoms with E-state index in [9.17, 15) is 14.4 Å². The fourth-order valence-corrected chi connectivity index (χ4v) is 1.79. The Morgan fingerprint density at radius 1 is 1.24 bits per heavy atom. The molecule has 21 heavy (non-hydrogen) atoms. The van der Waals surface area contributed by atoms with Gasteiger partial charge in [-0.05, 0) is 25.8 Å². The Morgan fingerprint density at radius 3 is 2.43 bits per heavy atom. The lowest BCUT2D eigenvalue weighted by atomic mass is 10.0. The van der Waals surface area contributed by atoms with E-state index in [2.05, 4.69) is 6.92 Å². The minimum absolute atomic E-state index is 0.382. The minimum Gasteiger partial charge on any atom is -0.481 e. The van der Waals surface area contributed by atoms with Gasteiger partial charge in [0.2, 0.25) is 0 Å². The van der Waals surface area contributed by atoms with E-state index in [1.54, 1.807) is 13.0 Å². The fraction of sp³-hybridized carbons (Fsp3) is 0.667. The highest BCUT2D eigenvalue weighted by Crippen LogP contribution is 2.12. The molecule has 0 radical (unpaired) electrons. The third kappa shape index (κ3) is 8.96. The largest absolute Gasteiger partial charge is 0.481 e. The molecule has 6 nitrogen and oxygen atoms in total. The average molecular weight is 299 g/mol. The first-order valence-corrected chi connectivity index (χ1v) is 7.25. The van der Waals surface area contributed by atoms with Crippen LogP contribution in [0.1, 0.15) is 52.4 Å². The Kier molecular flexibility index (Phi) is 10.1. The van der Waals surface area contributed by atoms with Crippen molar-refractivity contribution in [2.45, 2.75) is 52.4 Å². The maximum Gasteiger partial charge on any atom is 0.322 e. The van der Waals surface area contributed by atoms with Gasteiger partial charge in [0.25, 0.3) is 0 Å². The third-order valence-corrected chi connectivity index (χ3v) is 3.00. The molecular weight excluding hydrogens is 274 g/mol. The number of ether oxygens (including phenoxy) is 1. The molecule has 1 unspecified atom stereocenters. The summed E-state index contributed by atoms with van der Waals surface area (Å²) >= 11 is 0. The normalized spacial score (nSPS) is 12.8. The van der Waals surface area contributed by atoms with Crippen LogP contribution in [0.25, 0.3) is 0 Å². The fourth-order valence-electron chi connectivity index (χ4n) is 1.79. The van der Waals surface area contributed by atoms with Gasteiger partial charge < -0.3 is 15.6 Å². The van der Waals surface area contributed by atoms with Gasteiger partial charge in [-0.15, -0.1) is 0 Å². The standard InChI is InChI=1S/C15H25NO5/c1-3-4-5-6-7-8-11(2)21-15(20)12(9-14(18)19)13(17)10-16/h8,12H,3-7,9-10,16H2,1-2H3,(H,18,19). The molecule has 0 aromatic heterocycles. The van der Waals surface area contributed by atoms with Gasteiger partial charge in [0.15, 0.2) is 5.78 Å². The molecule has 0 aromatic rings. The van der Waals surface area contributed by atoms with Gasteiger partial charge >= 0.3 is 11.9 Å². The summed E-state index contributed by atoms with van der Waals surface area (Å²) < 4.78 is 5.03. The maximum absolute atomic E-state index is 11.8. The van der Waals surface area contributed by atoms with E-state index in [1.807, 2.05) is 0 Å². The van der Waals surface area contributed by atoms with Crippen molar-refractivity contribution in [3.63, 3.8) is 0 Å². The van der Waals surface area contributed by atoms with Gasteiger partial charge in [-0.1, -0.05) is 26.2 Å². The van der Waals surface area contributed by atoms with Crippen LogP contribution in [-0.2, 0) is 19.1 Å². The van der Waals surface area contributed by atoms with E-state index >= 15 is 0 Å². The summed E-state index contributed by atoms with van der Waals surface area (Å²) in [5.74, 6) is -3.67. The number of carboxylic acids is 1. The number of Topliss-reactive ketones (excluding diaryl/α,β-unsaturated/α-hetero) is 1. The number of hydrogen-bond acceptors (Lipinski definition) is 5. The number of carbonyl (C=O) groups is 3. The maximum atomic E-state index is 11.8. The Hall–Kier alpha value is -1.69. The highest BCUT2D eigenvalue weighted by Gasteiger charge is 2.29. The van der Waals surface area contributed by atoms with Gasteiger partial charge in [-0.25, -0.2) is 0 Å². The van der Waals surface area contributed by atoms with E-state index in [0.29, 0.717) is 5.76 Å². The number of hydrogen-bond donors (Lipinski definition) is 2. The Bertz CT molecular complexity index is 390. The van der Waals surface area contributed by atoms with Crippen molar-refractivity contribution in [3.8, 4) is 0 Å². The Balaban J connectivity index is 4.42. The average Bonchev–Trinajstić information content (AvgIpc) is 2.43. The van der Waals surface area contributed by atoms with Gasteiger partial charge in [0.05, 0.1) is 13.0 Å². The monoisotopic (exact) mass is 299 g/mol. The summed E-state index contributed by atoms with van der Waals surface area (Å²) in [6.07, 6.45) is 6.39. The summed E-state index contributed by atoms with van der Waals surface area (Å²) in [4.78, 5) is 34.0. The minimum atomic E-state index is -1.34. The van der Waals surface area contributed by atoms with Gasteiger partial charge in [-0.3, -0.25) is 14.4 Å². The molecule has 6 heteroatoms. The first-order valence-electron chi connectivity index (χ1n) is 7.25. The van der Waals surface area contributed by atoms with Crippen molar-refractivity contribution in [1.29, 1.82) is 0 Å². The predicted octanol–water partition coefficient (Wildman–Crippen LogP) is 2.02. The number of nitrogens with two attached hydrogens (primary N) is 1. The van der Waals surface area contributed by atoms with Crippen molar-refractivity contribution in [3.05, 3.63) is 11.8 Å². The molecule has 0 fully saturated rings. The second-order valence-corrected chi connectivity index (χ2v) is 4.91. The number of carbonyl (C=O) groups excluding carboxylic acids is 2. The van der Waals surface area contributed by atoms with Crippen LogP contribution in [0.4, 0.5) is 0 Å². The van der Waals surface area contributed by atoms with E-state index < -0.39 is 30.1 Å². The summed E-state index contributed by atoms with van der Waals surface area (Å²) in [6.45, 7) is 3.36. The molecule has 1 atom stereocenters. The molecule has 0 aliphatic carbocycles. The van der Waals surface area contributed by atoms with Crippen LogP contribution in [0.2, 0.25) is 0 Å².